The van der Waals surface area contributed by atoms with Gasteiger partial charge in [0.15, 0.2) is 0 Å². The number of aromatic nitrogens is 1. The topological polar surface area (TPSA) is 34.2 Å². The van der Waals surface area contributed by atoms with Gasteiger partial charge in [0.05, 0.1) is 10.6 Å². The minimum atomic E-state index is 0.0165. The summed E-state index contributed by atoms with van der Waals surface area (Å²) >= 11 is 1.78. The van der Waals surface area contributed by atoms with Gasteiger partial charge in [0, 0.05) is 30.1 Å². The van der Waals surface area contributed by atoms with E-state index in [9.17, 15) is 0 Å². The Bertz CT molecular complexity index is 393. The summed E-state index contributed by atoms with van der Waals surface area (Å²) in [5.74, 6) is 0. The number of hydrogen-bond acceptors (Lipinski definition) is 4. The minimum Gasteiger partial charge on any atom is -0.374 e. The molecular weight excluding hydrogens is 268 g/mol. The molecule has 4 heteroatoms. The van der Waals surface area contributed by atoms with Gasteiger partial charge in [-0.2, -0.15) is 0 Å². The molecule has 1 aromatic heterocycles. The molecule has 114 valence electrons. The monoisotopic (exact) mass is 296 g/mol. The first-order chi connectivity index (χ1) is 9.70. The molecule has 1 aliphatic rings. The van der Waals surface area contributed by atoms with Crippen LogP contribution in [0.25, 0.3) is 0 Å². The molecule has 0 spiro atoms. The van der Waals surface area contributed by atoms with Crippen molar-refractivity contribution in [2.75, 3.05) is 13.2 Å². The van der Waals surface area contributed by atoms with Crippen LogP contribution in [0.4, 0.5) is 0 Å². The number of ether oxygens (including phenoxy) is 1. The molecule has 0 aromatic carbocycles. The maximum Gasteiger partial charge on any atom is 0.0944 e. The molecule has 20 heavy (non-hydrogen) atoms. The molecule has 1 fully saturated rings. The van der Waals surface area contributed by atoms with Crippen molar-refractivity contribution < 1.29 is 4.74 Å². The van der Waals surface area contributed by atoms with Crippen LogP contribution in [0.15, 0.2) is 5.38 Å². The highest BCUT2D eigenvalue weighted by Crippen LogP contribution is 2.36. The normalized spacial score (nSPS) is 19.9. The highest BCUT2D eigenvalue weighted by atomic mass is 32.1. The standard InChI is InChI=1S/C16H28N2OS/c1-4-17-14(11-15-18-13(3)12-20-15)16(19-5-2)9-7-6-8-10-16/h12,14,17H,4-11H2,1-3H3. The van der Waals surface area contributed by atoms with Gasteiger partial charge < -0.3 is 10.1 Å². The van der Waals surface area contributed by atoms with Gasteiger partial charge in [-0.3, -0.25) is 0 Å². The van der Waals surface area contributed by atoms with E-state index < -0.39 is 0 Å². The second-order valence-corrected chi connectivity index (χ2v) is 6.70. The number of hydrogen-bond donors (Lipinski definition) is 1. The van der Waals surface area contributed by atoms with Gasteiger partial charge >= 0.3 is 0 Å². The summed E-state index contributed by atoms with van der Waals surface area (Å²) in [6.07, 6.45) is 7.29. The van der Waals surface area contributed by atoms with Crippen LogP contribution in [0.1, 0.15) is 56.7 Å². The molecule has 1 aromatic rings. The minimum absolute atomic E-state index is 0.0165. The van der Waals surface area contributed by atoms with E-state index in [1.165, 1.54) is 37.1 Å². The number of nitrogens with zero attached hydrogens (tertiary/aromatic N) is 1. The Hall–Kier alpha value is -0.450. The average molecular weight is 296 g/mol. The van der Waals surface area contributed by atoms with E-state index in [0.717, 1.165) is 25.3 Å². The molecule has 1 atom stereocenters. The Kier molecular flexibility index (Phi) is 6.00. The van der Waals surface area contributed by atoms with Crippen LogP contribution < -0.4 is 5.32 Å². The zero-order chi connectivity index (χ0) is 14.4. The highest BCUT2D eigenvalue weighted by molar-refractivity contribution is 7.09. The molecule has 1 saturated carbocycles. The number of likely N-dealkylation sites (N-methyl/N-ethyl adjacent to an activating group) is 1. The molecule has 1 aliphatic carbocycles. The first kappa shape index (κ1) is 15.9. The van der Waals surface area contributed by atoms with Crippen LogP contribution in [0, 0.1) is 6.92 Å². The Morgan fingerprint density at radius 1 is 1.35 bits per heavy atom. The molecule has 1 N–H and O–H groups in total. The van der Waals surface area contributed by atoms with Crippen molar-refractivity contribution in [2.45, 2.75) is 70.9 Å². The van der Waals surface area contributed by atoms with Gasteiger partial charge in [0.25, 0.3) is 0 Å². The first-order valence-corrected chi connectivity index (χ1v) is 8.86. The number of thiazole rings is 1. The summed E-state index contributed by atoms with van der Waals surface area (Å²) in [5, 5.41) is 7.06. The highest BCUT2D eigenvalue weighted by Gasteiger charge is 2.40. The molecule has 2 rings (SSSR count). The van der Waals surface area contributed by atoms with E-state index in [0.29, 0.717) is 6.04 Å². The quantitative estimate of drug-likeness (QED) is 0.833. The Morgan fingerprint density at radius 2 is 2.10 bits per heavy atom. The van der Waals surface area contributed by atoms with Crippen molar-refractivity contribution >= 4 is 11.3 Å². The van der Waals surface area contributed by atoms with Crippen molar-refractivity contribution in [3.63, 3.8) is 0 Å². The number of aryl methyl sites for hydroxylation is 1. The van der Waals surface area contributed by atoms with E-state index >= 15 is 0 Å². The number of rotatable bonds is 7. The molecule has 0 amide bonds. The third-order valence-corrected chi connectivity index (χ3v) is 5.25. The van der Waals surface area contributed by atoms with Gasteiger partial charge in [0.1, 0.15) is 0 Å². The molecular formula is C16H28N2OS. The number of nitrogens with one attached hydrogen (secondary N) is 1. The Balaban J connectivity index is 2.14. The van der Waals surface area contributed by atoms with Crippen molar-refractivity contribution in [3.8, 4) is 0 Å². The molecule has 3 nitrogen and oxygen atoms in total. The molecule has 0 radical (unpaired) electrons. The fraction of sp³-hybridized carbons (Fsp3) is 0.812. The van der Waals surface area contributed by atoms with E-state index in [2.05, 4.69) is 36.5 Å². The van der Waals surface area contributed by atoms with Crippen LogP contribution in [0.3, 0.4) is 0 Å². The van der Waals surface area contributed by atoms with Gasteiger partial charge in [-0.1, -0.05) is 26.2 Å². The second-order valence-electron chi connectivity index (χ2n) is 5.76. The van der Waals surface area contributed by atoms with Crippen LogP contribution in [-0.4, -0.2) is 29.8 Å². The lowest BCUT2D eigenvalue weighted by Gasteiger charge is -2.43. The average Bonchev–Trinajstić information content (AvgIpc) is 2.85. The van der Waals surface area contributed by atoms with E-state index in [4.69, 9.17) is 4.74 Å². The smallest absolute Gasteiger partial charge is 0.0944 e. The molecule has 1 unspecified atom stereocenters. The lowest BCUT2D eigenvalue weighted by Crippen LogP contribution is -2.54. The fourth-order valence-corrected chi connectivity index (χ4v) is 4.21. The molecule has 0 saturated heterocycles. The second kappa shape index (κ2) is 7.53. The third kappa shape index (κ3) is 3.80. The van der Waals surface area contributed by atoms with Crippen LogP contribution in [0.5, 0.6) is 0 Å². The van der Waals surface area contributed by atoms with E-state index in [1.807, 2.05) is 0 Å². The lowest BCUT2D eigenvalue weighted by molar-refractivity contribution is -0.0894. The lowest BCUT2D eigenvalue weighted by atomic mass is 9.78. The summed E-state index contributed by atoms with van der Waals surface area (Å²) < 4.78 is 6.28. The first-order valence-electron chi connectivity index (χ1n) is 7.98. The SMILES string of the molecule is CCNC(Cc1nc(C)cs1)C1(OCC)CCCCC1. The summed E-state index contributed by atoms with van der Waals surface area (Å²) in [7, 11) is 0. The predicted molar refractivity (Wildman–Crippen MR) is 85.5 cm³/mol. The van der Waals surface area contributed by atoms with Crippen molar-refractivity contribution in [2.24, 2.45) is 0 Å². The Morgan fingerprint density at radius 3 is 2.65 bits per heavy atom. The summed E-state index contributed by atoms with van der Waals surface area (Å²) in [5.41, 5.74) is 1.15. The van der Waals surface area contributed by atoms with Crippen molar-refractivity contribution in [3.05, 3.63) is 16.1 Å². The van der Waals surface area contributed by atoms with E-state index in [-0.39, 0.29) is 5.60 Å². The fourth-order valence-electron chi connectivity index (χ4n) is 3.39. The van der Waals surface area contributed by atoms with Crippen LogP contribution in [0.2, 0.25) is 0 Å². The summed E-state index contributed by atoms with van der Waals surface area (Å²) in [6, 6.07) is 0.387. The van der Waals surface area contributed by atoms with Crippen molar-refractivity contribution in [1.82, 2.24) is 10.3 Å². The molecule has 0 aliphatic heterocycles. The predicted octanol–water partition coefficient (Wildman–Crippen LogP) is 3.71. The maximum atomic E-state index is 6.28. The summed E-state index contributed by atoms with van der Waals surface area (Å²) in [6.45, 7) is 8.17. The van der Waals surface area contributed by atoms with Crippen LogP contribution in [-0.2, 0) is 11.2 Å². The third-order valence-electron chi connectivity index (χ3n) is 4.26. The van der Waals surface area contributed by atoms with Crippen molar-refractivity contribution in [1.29, 1.82) is 0 Å². The largest absolute Gasteiger partial charge is 0.374 e. The molecule has 0 bridgehead atoms. The van der Waals surface area contributed by atoms with Gasteiger partial charge in [-0.25, -0.2) is 4.98 Å². The summed E-state index contributed by atoms with van der Waals surface area (Å²) in [4.78, 5) is 4.64. The maximum absolute atomic E-state index is 6.28. The zero-order valence-electron chi connectivity index (χ0n) is 13.1. The van der Waals surface area contributed by atoms with Crippen LogP contribution >= 0.6 is 11.3 Å². The zero-order valence-corrected chi connectivity index (χ0v) is 13.9. The molecule has 1 heterocycles. The Labute approximate surface area is 127 Å². The van der Waals surface area contributed by atoms with Gasteiger partial charge in [-0.05, 0) is 33.2 Å². The van der Waals surface area contributed by atoms with Gasteiger partial charge in [-0.15, -0.1) is 11.3 Å². The van der Waals surface area contributed by atoms with E-state index in [1.54, 1.807) is 11.3 Å². The van der Waals surface area contributed by atoms with Gasteiger partial charge in [0.2, 0.25) is 0 Å².